The summed E-state index contributed by atoms with van der Waals surface area (Å²) < 4.78 is 0. The number of hydrogen-bond acceptors (Lipinski definition) is 6. The van der Waals surface area contributed by atoms with Crippen molar-refractivity contribution in [3.63, 3.8) is 0 Å². The van der Waals surface area contributed by atoms with Crippen molar-refractivity contribution < 1.29 is 29.4 Å². The van der Waals surface area contributed by atoms with Crippen LogP contribution in [0.25, 0.3) is 0 Å². The molecule has 2 aromatic carbocycles. The van der Waals surface area contributed by atoms with E-state index >= 15 is 0 Å². The second-order valence-corrected chi connectivity index (χ2v) is 8.26. The maximum Gasteiger partial charge on any atom is 0.290 e. The van der Waals surface area contributed by atoms with Crippen molar-refractivity contribution in [3.05, 3.63) is 94.5 Å². The number of amides is 2. The predicted molar refractivity (Wildman–Crippen MR) is 122 cm³/mol. The van der Waals surface area contributed by atoms with Crippen LogP contribution in [-0.4, -0.2) is 56.5 Å². The summed E-state index contributed by atoms with van der Waals surface area (Å²) in [7, 11) is 0. The highest BCUT2D eigenvalue weighted by atomic mass is 16.3. The van der Waals surface area contributed by atoms with E-state index in [1.165, 1.54) is 23.6 Å². The molecule has 0 unspecified atom stereocenters. The topological polar surface area (TPSA) is 115 Å². The fourth-order valence-corrected chi connectivity index (χ4v) is 4.67. The van der Waals surface area contributed by atoms with Crippen LogP contribution < -0.4 is 0 Å². The molecule has 2 aliphatic rings. The van der Waals surface area contributed by atoms with Gasteiger partial charge in [0.25, 0.3) is 11.8 Å². The van der Waals surface area contributed by atoms with Gasteiger partial charge in [0, 0.05) is 13.1 Å². The van der Waals surface area contributed by atoms with Gasteiger partial charge in [-0.1, -0.05) is 60.7 Å². The Morgan fingerprint density at radius 3 is 1.29 bits per heavy atom. The van der Waals surface area contributed by atoms with Crippen LogP contribution in [0.2, 0.25) is 0 Å². The summed E-state index contributed by atoms with van der Waals surface area (Å²) in [5.41, 5.74) is 1.27. The number of aliphatic hydroxyl groups excluding tert-OH is 2. The van der Waals surface area contributed by atoms with E-state index in [2.05, 4.69) is 0 Å². The number of benzene rings is 2. The average Bonchev–Trinajstić information content (AvgIpc) is 3.23. The van der Waals surface area contributed by atoms with Gasteiger partial charge in [0.2, 0.25) is 0 Å². The second-order valence-electron chi connectivity index (χ2n) is 8.26. The minimum absolute atomic E-state index is 0.00560. The Morgan fingerprint density at radius 2 is 1.00 bits per heavy atom. The van der Waals surface area contributed by atoms with Gasteiger partial charge in [0.1, 0.15) is 0 Å². The monoisotopic (exact) mass is 460 g/mol. The number of Topliss-reactive ketones (excluding diaryl/α,β-unsaturated/α-hetero) is 2. The quantitative estimate of drug-likeness (QED) is 0.657. The molecule has 0 saturated heterocycles. The van der Waals surface area contributed by atoms with Gasteiger partial charge in [-0.15, -0.1) is 0 Å². The van der Waals surface area contributed by atoms with Crippen molar-refractivity contribution in [2.24, 2.45) is 0 Å². The molecular formula is C26H24N2O6. The first-order valence-electron chi connectivity index (χ1n) is 10.8. The number of nitrogens with zero attached hydrogens (tertiary/aromatic N) is 2. The van der Waals surface area contributed by atoms with Crippen molar-refractivity contribution >= 4 is 23.4 Å². The normalized spacial score (nSPS) is 20.5. The molecular weight excluding hydrogens is 436 g/mol. The molecule has 2 amide bonds. The Balaban J connectivity index is 1.67. The molecule has 2 aliphatic heterocycles. The Bertz CT molecular complexity index is 1130. The lowest BCUT2D eigenvalue weighted by molar-refractivity contribution is -0.133. The van der Waals surface area contributed by atoms with Gasteiger partial charge in [-0.05, 0) is 25.0 Å². The Morgan fingerprint density at radius 1 is 0.676 bits per heavy atom. The molecule has 8 heteroatoms. The zero-order valence-electron chi connectivity index (χ0n) is 18.8. The van der Waals surface area contributed by atoms with Gasteiger partial charge in [0.05, 0.1) is 23.2 Å². The summed E-state index contributed by atoms with van der Waals surface area (Å²) in [6, 6.07) is 16.0. The van der Waals surface area contributed by atoms with E-state index in [1.807, 2.05) is 0 Å². The molecule has 0 aromatic heterocycles. The zero-order chi connectivity index (χ0) is 24.6. The molecule has 2 N–H and O–H groups in total. The van der Waals surface area contributed by atoms with Gasteiger partial charge in [0.15, 0.2) is 23.1 Å². The number of ketones is 2. The van der Waals surface area contributed by atoms with Gasteiger partial charge in [-0.2, -0.15) is 0 Å². The summed E-state index contributed by atoms with van der Waals surface area (Å²) in [6.07, 6.45) is 0. The Hall–Kier alpha value is -4.20. The first-order chi connectivity index (χ1) is 16.2. The van der Waals surface area contributed by atoms with Crippen molar-refractivity contribution in [1.82, 2.24) is 9.80 Å². The van der Waals surface area contributed by atoms with E-state index < -0.39 is 47.0 Å². The molecule has 8 nitrogen and oxygen atoms in total. The van der Waals surface area contributed by atoms with Gasteiger partial charge in [-0.25, -0.2) is 0 Å². The first kappa shape index (κ1) is 23.0. The lowest BCUT2D eigenvalue weighted by Crippen LogP contribution is -2.41. The van der Waals surface area contributed by atoms with Crippen molar-refractivity contribution in [2.45, 2.75) is 25.9 Å². The van der Waals surface area contributed by atoms with Gasteiger partial charge < -0.3 is 20.0 Å². The van der Waals surface area contributed by atoms with Crippen LogP contribution in [0.5, 0.6) is 0 Å². The van der Waals surface area contributed by atoms with E-state index in [4.69, 9.17) is 0 Å². The minimum Gasteiger partial charge on any atom is -0.503 e. The summed E-state index contributed by atoms with van der Waals surface area (Å²) in [6.45, 7) is 2.50. The molecule has 0 bridgehead atoms. The van der Waals surface area contributed by atoms with Crippen LogP contribution in [0.3, 0.4) is 0 Å². The molecule has 2 heterocycles. The second kappa shape index (κ2) is 8.97. The van der Waals surface area contributed by atoms with Crippen molar-refractivity contribution in [1.29, 1.82) is 0 Å². The van der Waals surface area contributed by atoms with Crippen LogP contribution in [0.1, 0.15) is 37.1 Å². The lowest BCUT2D eigenvalue weighted by Gasteiger charge is -2.31. The number of aliphatic hydroxyl groups is 2. The maximum absolute atomic E-state index is 12.9. The first-order valence-corrected chi connectivity index (χ1v) is 10.8. The number of hydrogen-bond donors (Lipinski definition) is 2. The highest BCUT2D eigenvalue weighted by molar-refractivity contribution is 6.09. The summed E-state index contributed by atoms with van der Waals surface area (Å²) in [4.78, 5) is 53.1. The third-order valence-corrected chi connectivity index (χ3v) is 6.18. The predicted octanol–water partition coefficient (Wildman–Crippen LogP) is 2.96. The van der Waals surface area contributed by atoms with E-state index in [9.17, 15) is 29.4 Å². The third kappa shape index (κ3) is 3.77. The smallest absolute Gasteiger partial charge is 0.290 e. The summed E-state index contributed by atoms with van der Waals surface area (Å²) in [5, 5.41) is 20.9. The maximum atomic E-state index is 12.9. The molecule has 0 saturated carbocycles. The molecule has 34 heavy (non-hydrogen) atoms. The fraction of sp³-hybridized carbons (Fsp3) is 0.231. The van der Waals surface area contributed by atoms with E-state index in [1.54, 1.807) is 60.7 Å². The number of carbonyl (C=O) groups is 4. The molecule has 0 aliphatic carbocycles. The molecule has 0 radical (unpaired) electrons. The molecule has 0 spiro atoms. The molecule has 4 rings (SSSR count). The third-order valence-electron chi connectivity index (χ3n) is 6.18. The molecule has 2 aromatic rings. The van der Waals surface area contributed by atoms with E-state index in [0.29, 0.717) is 11.1 Å². The Labute approximate surface area is 196 Å². The van der Waals surface area contributed by atoms with Crippen LogP contribution in [0.15, 0.2) is 83.3 Å². The van der Waals surface area contributed by atoms with Crippen molar-refractivity contribution in [2.75, 3.05) is 13.1 Å². The van der Waals surface area contributed by atoms with E-state index in [0.717, 1.165) is 0 Å². The molecule has 0 fully saturated rings. The van der Waals surface area contributed by atoms with Gasteiger partial charge in [-0.3, -0.25) is 19.2 Å². The lowest BCUT2D eigenvalue weighted by atomic mass is 9.96. The summed E-state index contributed by atoms with van der Waals surface area (Å²) >= 11 is 0. The Kier molecular flexibility index (Phi) is 6.06. The minimum atomic E-state index is -0.812. The van der Waals surface area contributed by atoms with E-state index in [-0.39, 0.29) is 24.2 Å². The highest BCUT2D eigenvalue weighted by Gasteiger charge is 2.45. The number of rotatable bonds is 7. The zero-order valence-corrected chi connectivity index (χ0v) is 18.8. The van der Waals surface area contributed by atoms with Crippen LogP contribution >= 0.6 is 0 Å². The summed E-state index contributed by atoms with van der Waals surface area (Å²) in [5.74, 6) is -3.52. The standard InChI is InChI=1S/C26H24N2O6/c1-15(29)19-21(17-9-5-3-6-10-17)27(25(33)23(19)31)13-14-28-22(18-11-7-4-8-12-18)20(16(2)30)24(32)26(28)34/h3-12,21-22,31-32H,13-14H2,1-2H3/t21-,22-/m1/s1. The highest BCUT2D eigenvalue weighted by Crippen LogP contribution is 2.40. The SMILES string of the molecule is CC(=O)C1=C(O)C(=O)N(CCN2C(=O)C(O)=C(C(C)=O)[C@H]2c2ccccc2)[C@@H]1c1ccccc1. The average molecular weight is 460 g/mol. The van der Waals surface area contributed by atoms with Crippen LogP contribution in [0, 0.1) is 0 Å². The van der Waals surface area contributed by atoms with Crippen molar-refractivity contribution in [3.8, 4) is 0 Å². The largest absolute Gasteiger partial charge is 0.503 e. The fourth-order valence-electron chi connectivity index (χ4n) is 4.67. The molecule has 2 atom stereocenters. The number of carbonyl (C=O) groups excluding carboxylic acids is 4. The van der Waals surface area contributed by atoms with Crippen LogP contribution in [-0.2, 0) is 19.2 Å². The van der Waals surface area contributed by atoms with Gasteiger partial charge >= 0.3 is 0 Å². The molecule has 174 valence electrons. The van der Waals surface area contributed by atoms with Crippen LogP contribution in [0.4, 0.5) is 0 Å².